The van der Waals surface area contributed by atoms with Gasteiger partial charge in [0.25, 0.3) is 0 Å². The van der Waals surface area contributed by atoms with Gasteiger partial charge >= 0.3 is 5.97 Å². The van der Waals surface area contributed by atoms with Crippen LogP contribution in [0.3, 0.4) is 0 Å². The SMILES string of the molecule is CC(C)CCCC(C)C1CCC2C3CC=C4CC(OC(=O)Cc5ccc(I)cc5)CCC4(C)C3CCC12C. The Morgan fingerprint density at radius 3 is 2.50 bits per heavy atom. The maximum absolute atomic E-state index is 12.7. The van der Waals surface area contributed by atoms with Crippen molar-refractivity contribution in [2.45, 2.75) is 118 Å². The first-order valence-corrected chi connectivity index (χ1v) is 16.8. The predicted molar refractivity (Wildman–Crippen MR) is 166 cm³/mol. The molecular weight excluding hydrogens is 579 g/mol. The molecule has 3 saturated carbocycles. The van der Waals surface area contributed by atoms with Crippen LogP contribution >= 0.6 is 22.6 Å². The third kappa shape index (κ3) is 5.66. The lowest BCUT2D eigenvalue weighted by molar-refractivity contribution is -0.150. The van der Waals surface area contributed by atoms with E-state index >= 15 is 0 Å². The molecule has 0 spiro atoms. The number of hydrogen-bond acceptors (Lipinski definition) is 2. The van der Waals surface area contributed by atoms with E-state index in [0.29, 0.717) is 17.3 Å². The minimum atomic E-state index is -0.0676. The van der Waals surface area contributed by atoms with Gasteiger partial charge in [0, 0.05) is 9.99 Å². The maximum atomic E-state index is 12.7. The van der Waals surface area contributed by atoms with Crippen molar-refractivity contribution in [2.24, 2.45) is 46.3 Å². The van der Waals surface area contributed by atoms with E-state index in [9.17, 15) is 4.79 Å². The molecule has 4 aliphatic rings. The second kappa shape index (κ2) is 11.6. The Morgan fingerprint density at radius 1 is 1.00 bits per heavy atom. The van der Waals surface area contributed by atoms with Gasteiger partial charge < -0.3 is 4.74 Å². The molecule has 0 heterocycles. The molecule has 3 fully saturated rings. The normalized spacial score (nSPS) is 37.1. The average Bonchev–Trinajstić information content (AvgIpc) is 3.23. The Balaban J connectivity index is 1.21. The largest absolute Gasteiger partial charge is 0.462 e. The number of ether oxygens (including phenoxy) is 1. The summed E-state index contributed by atoms with van der Waals surface area (Å²) >= 11 is 2.30. The maximum Gasteiger partial charge on any atom is 0.310 e. The van der Waals surface area contributed by atoms with E-state index in [0.717, 1.165) is 53.9 Å². The van der Waals surface area contributed by atoms with Crippen LogP contribution in [0.2, 0.25) is 0 Å². The third-order valence-electron chi connectivity index (χ3n) is 11.8. The molecule has 0 aliphatic heterocycles. The molecule has 0 bridgehead atoms. The van der Waals surface area contributed by atoms with E-state index in [2.05, 4.69) is 75.4 Å². The highest BCUT2D eigenvalue weighted by atomic mass is 127. The molecule has 4 aliphatic carbocycles. The van der Waals surface area contributed by atoms with Crippen molar-refractivity contribution in [3.8, 4) is 0 Å². The Kier molecular flexibility index (Phi) is 8.73. The number of esters is 1. The molecule has 8 atom stereocenters. The van der Waals surface area contributed by atoms with E-state index in [1.807, 2.05) is 12.1 Å². The van der Waals surface area contributed by atoms with Crippen LogP contribution in [0.5, 0.6) is 0 Å². The lowest BCUT2D eigenvalue weighted by atomic mass is 9.47. The highest BCUT2D eigenvalue weighted by Gasteiger charge is 2.59. The molecule has 0 amide bonds. The fraction of sp³-hybridized carbons (Fsp3) is 0.743. The summed E-state index contributed by atoms with van der Waals surface area (Å²) in [6, 6.07) is 8.21. The summed E-state index contributed by atoms with van der Waals surface area (Å²) in [7, 11) is 0. The Labute approximate surface area is 246 Å². The summed E-state index contributed by atoms with van der Waals surface area (Å²) in [6.45, 7) is 12.6. The number of halogens is 1. The number of carbonyl (C=O) groups is 1. The van der Waals surface area contributed by atoms with Crippen molar-refractivity contribution in [3.63, 3.8) is 0 Å². The van der Waals surface area contributed by atoms with E-state index < -0.39 is 0 Å². The topological polar surface area (TPSA) is 26.3 Å². The zero-order valence-corrected chi connectivity index (χ0v) is 26.8. The van der Waals surface area contributed by atoms with Crippen LogP contribution in [0.4, 0.5) is 0 Å². The first kappa shape index (κ1) is 28.7. The van der Waals surface area contributed by atoms with Gasteiger partial charge in [0.1, 0.15) is 6.10 Å². The second-order valence-electron chi connectivity index (χ2n) is 14.4. The Hall–Kier alpha value is -0.840. The van der Waals surface area contributed by atoms with Crippen molar-refractivity contribution in [1.29, 1.82) is 0 Å². The van der Waals surface area contributed by atoms with Crippen LogP contribution in [0.25, 0.3) is 0 Å². The minimum Gasteiger partial charge on any atom is -0.462 e. The molecule has 5 rings (SSSR count). The number of rotatable bonds is 8. The van der Waals surface area contributed by atoms with Crippen molar-refractivity contribution in [2.75, 3.05) is 0 Å². The molecule has 210 valence electrons. The molecule has 3 heteroatoms. The van der Waals surface area contributed by atoms with Gasteiger partial charge in [-0.3, -0.25) is 4.79 Å². The summed E-state index contributed by atoms with van der Waals surface area (Å²) in [4.78, 5) is 12.7. The molecule has 1 aromatic carbocycles. The van der Waals surface area contributed by atoms with Crippen LogP contribution < -0.4 is 0 Å². The average molecular weight is 631 g/mol. The molecule has 0 radical (unpaired) electrons. The van der Waals surface area contributed by atoms with Crippen LogP contribution in [0, 0.1) is 49.9 Å². The summed E-state index contributed by atoms with van der Waals surface area (Å²) in [5, 5.41) is 0. The number of allylic oxidation sites excluding steroid dienone is 1. The van der Waals surface area contributed by atoms with Gasteiger partial charge in [0.05, 0.1) is 6.42 Å². The summed E-state index contributed by atoms with van der Waals surface area (Å²) in [5.74, 6) is 5.13. The van der Waals surface area contributed by atoms with Gasteiger partial charge in [-0.05, 0) is 132 Å². The van der Waals surface area contributed by atoms with E-state index in [1.165, 1.54) is 61.4 Å². The van der Waals surface area contributed by atoms with Gasteiger partial charge in [0.2, 0.25) is 0 Å². The molecule has 1 aromatic rings. The second-order valence-corrected chi connectivity index (χ2v) is 15.7. The molecule has 0 saturated heterocycles. The van der Waals surface area contributed by atoms with Crippen LogP contribution in [-0.2, 0) is 16.0 Å². The van der Waals surface area contributed by atoms with Gasteiger partial charge in [-0.25, -0.2) is 0 Å². The number of benzene rings is 1. The van der Waals surface area contributed by atoms with Crippen molar-refractivity contribution < 1.29 is 9.53 Å². The number of hydrogen-bond donors (Lipinski definition) is 0. The predicted octanol–water partition coefficient (Wildman–Crippen LogP) is 9.79. The van der Waals surface area contributed by atoms with Gasteiger partial charge in [-0.15, -0.1) is 0 Å². The first-order valence-electron chi connectivity index (χ1n) is 15.7. The van der Waals surface area contributed by atoms with Crippen LogP contribution in [0.1, 0.15) is 111 Å². The van der Waals surface area contributed by atoms with Gasteiger partial charge in [0.15, 0.2) is 0 Å². The van der Waals surface area contributed by atoms with Gasteiger partial charge in [-0.2, -0.15) is 0 Å². The zero-order valence-electron chi connectivity index (χ0n) is 24.6. The third-order valence-corrected chi connectivity index (χ3v) is 12.5. The summed E-state index contributed by atoms with van der Waals surface area (Å²) < 4.78 is 7.24. The lowest BCUT2D eigenvalue weighted by Crippen LogP contribution is -2.51. The van der Waals surface area contributed by atoms with Crippen molar-refractivity contribution in [1.82, 2.24) is 0 Å². The number of carbonyl (C=O) groups excluding carboxylic acids is 1. The Bertz CT molecular complexity index is 1010. The molecule has 0 aromatic heterocycles. The quantitative estimate of drug-likeness (QED) is 0.162. The fourth-order valence-electron chi connectivity index (χ4n) is 9.75. The monoisotopic (exact) mass is 630 g/mol. The zero-order chi connectivity index (χ0) is 27.1. The highest BCUT2D eigenvalue weighted by molar-refractivity contribution is 14.1. The summed E-state index contributed by atoms with van der Waals surface area (Å²) in [6.07, 6.45) is 17.4. The van der Waals surface area contributed by atoms with Crippen LogP contribution in [0.15, 0.2) is 35.9 Å². The van der Waals surface area contributed by atoms with E-state index in [4.69, 9.17) is 4.74 Å². The highest BCUT2D eigenvalue weighted by Crippen LogP contribution is 2.67. The molecule has 8 unspecified atom stereocenters. The van der Waals surface area contributed by atoms with E-state index in [-0.39, 0.29) is 12.1 Å². The Morgan fingerprint density at radius 2 is 1.76 bits per heavy atom. The van der Waals surface area contributed by atoms with E-state index in [1.54, 1.807) is 5.57 Å². The van der Waals surface area contributed by atoms with Gasteiger partial charge in [-0.1, -0.05) is 77.7 Å². The first-order chi connectivity index (χ1) is 18.1. The fourth-order valence-corrected chi connectivity index (χ4v) is 10.1. The van der Waals surface area contributed by atoms with Crippen molar-refractivity contribution in [3.05, 3.63) is 45.0 Å². The molecule has 2 nitrogen and oxygen atoms in total. The number of fused-ring (bicyclic) bond motifs is 5. The van der Waals surface area contributed by atoms with Crippen LogP contribution in [-0.4, -0.2) is 12.1 Å². The van der Waals surface area contributed by atoms with Crippen molar-refractivity contribution >= 4 is 28.6 Å². The lowest BCUT2D eigenvalue weighted by Gasteiger charge is -2.58. The smallest absolute Gasteiger partial charge is 0.310 e. The molecule has 0 N–H and O–H groups in total. The molecular formula is C35H51IO2. The molecule has 38 heavy (non-hydrogen) atoms. The standard InChI is InChI=1S/C35H51IO2/c1-23(2)7-6-8-24(3)30-15-16-31-29-14-11-26-22-28(38-33(37)21-25-9-12-27(36)13-10-25)17-19-34(26,4)32(29)18-20-35(30,31)5/h9-13,23-24,28-32H,6-8,14-22H2,1-5H3. The summed E-state index contributed by atoms with van der Waals surface area (Å²) in [5.41, 5.74) is 3.51. The minimum absolute atomic E-state index is 0.0543.